The number of phenolic OH excluding ortho intramolecular Hbond substituents is 2. The van der Waals surface area contributed by atoms with Crippen molar-refractivity contribution in [1.82, 2.24) is 0 Å². The number of aromatic hydroxyl groups is 2. The van der Waals surface area contributed by atoms with Crippen LogP contribution < -0.4 is 0 Å². The molecule has 3 fully saturated rings. The number of aliphatic hydroxyl groups is 2. The average Bonchev–Trinajstić information content (AvgIpc) is 2.92. The fourth-order valence-electron chi connectivity index (χ4n) is 8.85. The monoisotopic (exact) mass is 562 g/mol. The number of phenols is 2. The summed E-state index contributed by atoms with van der Waals surface area (Å²) in [7, 11) is 0. The summed E-state index contributed by atoms with van der Waals surface area (Å²) in [6, 6.07) is 8.55. The van der Waals surface area contributed by atoms with Gasteiger partial charge in [0, 0.05) is 41.4 Å². The molecular formula is C37H54O4. The summed E-state index contributed by atoms with van der Waals surface area (Å²) in [5.74, 6) is 0.943. The number of aliphatic hydroxyl groups excluding tert-OH is 2. The van der Waals surface area contributed by atoms with E-state index in [4.69, 9.17) is 0 Å². The van der Waals surface area contributed by atoms with Gasteiger partial charge in [0.2, 0.25) is 0 Å². The highest BCUT2D eigenvalue weighted by Crippen LogP contribution is 2.58. The van der Waals surface area contributed by atoms with Gasteiger partial charge in [0.15, 0.2) is 0 Å². The van der Waals surface area contributed by atoms with Gasteiger partial charge in [-0.1, -0.05) is 90.5 Å². The van der Waals surface area contributed by atoms with Crippen molar-refractivity contribution in [2.24, 2.45) is 11.3 Å². The van der Waals surface area contributed by atoms with E-state index in [1.807, 2.05) is 0 Å². The Morgan fingerprint density at radius 1 is 0.634 bits per heavy atom. The minimum Gasteiger partial charge on any atom is -0.507 e. The maximum atomic E-state index is 12.2. The standard InChI is InChI=1S/C37H54O4/c1-35(2)23-27(24-35)32(28-19-25(11-17-38)21-30(33(28)40)36(3)13-7-5-8-14-36)29-20-26(12-18-39)22-31(34(29)41)37(4)15-9-6-10-16-37/h19-22,27,32,38-41H,5-18,23-24H2,1-4H3. The second kappa shape index (κ2) is 11.9. The maximum Gasteiger partial charge on any atom is 0.123 e. The molecule has 2 aromatic rings. The van der Waals surface area contributed by atoms with Gasteiger partial charge in [-0.25, -0.2) is 0 Å². The van der Waals surface area contributed by atoms with E-state index in [1.54, 1.807) is 0 Å². The first kappa shape index (κ1) is 30.4. The van der Waals surface area contributed by atoms with Gasteiger partial charge in [0.1, 0.15) is 11.5 Å². The van der Waals surface area contributed by atoms with E-state index in [2.05, 4.69) is 52.0 Å². The Labute approximate surface area is 248 Å². The Hall–Kier alpha value is -2.04. The predicted molar refractivity (Wildman–Crippen MR) is 167 cm³/mol. The molecule has 0 unspecified atom stereocenters. The van der Waals surface area contributed by atoms with Crippen LogP contribution in [0.15, 0.2) is 24.3 Å². The molecule has 41 heavy (non-hydrogen) atoms. The van der Waals surface area contributed by atoms with E-state index in [-0.39, 0.29) is 35.4 Å². The van der Waals surface area contributed by atoms with Crippen LogP contribution in [0.3, 0.4) is 0 Å². The lowest BCUT2D eigenvalue weighted by Crippen LogP contribution is -2.36. The molecule has 0 aromatic heterocycles. The van der Waals surface area contributed by atoms with Crippen molar-refractivity contribution >= 4 is 0 Å². The highest BCUT2D eigenvalue weighted by atomic mass is 16.3. The Kier molecular flexibility index (Phi) is 8.84. The summed E-state index contributed by atoms with van der Waals surface area (Å²) in [6.45, 7) is 9.37. The van der Waals surface area contributed by atoms with Crippen LogP contribution in [-0.4, -0.2) is 33.6 Å². The van der Waals surface area contributed by atoms with Gasteiger partial charge in [-0.2, -0.15) is 0 Å². The highest BCUT2D eigenvalue weighted by Gasteiger charge is 2.45. The zero-order valence-corrected chi connectivity index (χ0v) is 26.1. The molecule has 226 valence electrons. The molecule has 4 nitrogen and oxygen atoms in total. The zero-order valence-electron chi connectivity index (χ0n) is 26.1. The molecule has 0 spiro atoms. The zero-order chi connectivity index (χ0) is 29.4. The summed E-state index contributed by atoms with van der Waals surface area (Å²) in [5, 5.41) is 44.3. The van der Waals surface area contributed by atoms with Crippen LogP contribution in [0.5, 0.6) is 11.5 Å². The highest BCUT2D eigenvalue weighted by molar-refractivity contribution is 5.57. The van der Waals surface area contributed by atoms with Gasteiger partial charge >= 0.3 is 0 Å². The summed E-state index contributed by atoms with van der Waals surface area (Å²) in [5.41, 5.74) is 6.05. The van der Waals surface area contributed by atoms with Crippen molar-refractivity contribution in [2.45, 2.75) is 134 Å². The molecule has 4 heteroatoms. The van der Waals surface area contributed by atoms with Crippen molar-refractivity contribution in [1.29, 1.82) is 0 Å². The van der Waals surface area contributed by atoms with Crippen molar-refractivity contribution in [2.75, 3.05) is 13.2 Å². The van der Waals surface area contributed by atoms with Crippen LogP contribution >= 0.6 is 0 Å². The smallest absolute Gasteiger partial charge is 0.123 e. The number of hydrogen-bond acceptors (Lipinski definition) is 4. The normalized spacial score (nSPS) is 22.0. The van der Waals surface area contributed by atoms with Gasteiger partial charge in [0.25, 0.3) is 0 Å². The Morgan fingerprint density at radius 2 is 1.02 bits per heavy atom. The SMILES string of the molecule is CC1(C)CC(C(c2cc(CCO)cc(C3(C)CCCCC3)c2O)c2cc(CCO)cc(C3(C)CCCCC3)c2O)C1. The molecule has 0 radical (unpaired) electrons. The number of benzene rings is 2. The van der Waals surface area contributed by atoms with Crippen LogP contribution in [0, 0.1) is 11.3 Å². The first-order valence-corrected chi connectivity index (χ1v) is 16.4. The minimum atomic E-state index is -0.141. The molecule has 0 atom stereocenters. The molecule has 0 heterocycles. The van der Waals surface area contributed by atoms with Crippen molar-refractivity contribution < 1.29 is 20.4 Å². The van der Waals surface area contributed by atoms with Gasteiger partial charge in [-0.05, 0) is 84.7 Å². The molecule has 0 bridgehead atoms. The molecule has 3 aliphatic carbocycles. The van der Waals surface area contributed by atoms with Crippen LogP contribution in [0.25, 0.3) is 0 Å². The largest absolute Gasteiger partial charge is 0.507 e. The molecule has 0 amide bonds. The van der Waals surface area contributed by atoms with Crippen LogP contribution in [0.2, 0.25) is 0 Å². The van der Waals surface area contributed by atoms with Gasteiger partial charge in [-0.3, -0.25) is 0 Å². The van der Waals surface area contributed by atoms with Gasteiger partial charge in [-0.15, -0.1) is 0 Å². The van der Waals surface area contributed by atoms with Gasteiger partial charge in [0.05, 0.1) is 0 Å². The first-order chi connectivity index (χ1) is 19.5. The molecule has 4 N–H and O–H groups in total. The fraction of sp³-hybridized carbons (Fsp3) is 0.676. The third-order valence-corrected chi connectivity index (χ3v) is 11.2. The summed E-state index contributed by atoms with van der Waals surface area (Å²) >= 11 is 0. The first-order valence-electron chi connectivity index (χ1n) is 16.4. The second-order valence-corrected chi connectivity index (χ2v) is 15.2. The van der Waals surface area contributed by atoms with E-state index in [9.17, 15) is 20.4 Å². The van der Waals surface area contributed by atoms with E-state index in [1.165, 1.54) is 38.5 Å². The average molecular weight is 563 g/mol. The minimum absolute atomic E-state index is 0.0707. The molecule has 2 aromatic carbocycles. The van der Waals surface area contributed by atoms with Crippen LogP contribution in [0.4, 0.5) is 0 Å². The summed E-state index contributed by atoms with van der Waals surface area (Å²) in [6.07, 6.45) is 14.6. The van der Waals surface area contributed by atoms with E-state index >= 15 is 0 Å². The lowest BCUT2D eigenvalue weighted by molar-refractivity contribution is 0.0825. The van der Waals surface area contributed by atoms with E-state index in [0.717, 1.165) is 71.9 Å². The van der Waals surface area contributed by atoms with Crippen LogP contribution in [0.1, 0.15) is 144 Å². The molecular weight excluding hydrogens is 508 g/mol. The Balaban J connectivity index is 1.72. The summed E-state index contributed by atoms with van der Waals surface area (Å²) < 4.78 is 0. The predicted octanol–water partition coefficient (Wildman–Crippen LogP) is 8.18. The molecule has 3 aliphatic rings. The Morgan fingerprint density at radius 3 is 1.37 bits per heavy atom. The van der Waals surface area contributed by atoms with Crippen molar-refractivity contribution in [3.63, 3.8) is 0 Å². The number of rotatable bonds is 9. The third kappa shape index (κ3) is 6.07. The number of hydrogen-bond donors (Lipinski definition) is 4. The molecule has 3 saturated carbocycles. The van der Waals surface area contributed by atoms with Crippen LogP contribution in [-0.2, 0) is 23.7 Å². The lowest BCUT2D eigenvalue weighted by atomic mass is 9.57. The fourth-order valence-corrected chi connectivity index (χ4v) is 8.85. The second-order valence-electron chi connectivity index (χ2n) is 15.2. The van der Waals surface area contributed by atoms with Crippen molar-refractivity contribution in [3.8, 4) is 11.5 Å². The summed E-state index contributed by atoms with van der Waals surface area (Å²) in [4.78, 5) is 0. The quantitative estimate of drug-likeness (QED) is 0.248. The molecule has 5 rings (SSSR count). The molecule has 0 saturated heterocycles. The van der Waals surface area contributed by atoms with Crippen molar-refractivity contribution in [3.05, 3.63) is 57.6 Å². The van der Waals surface area contributed by atoms with E-state index in [0.29, 0.717) is 30.3 Å². The van der Waals surface area contributed by atoms with Gasteiger partial charge < -0.3 is 20.4 Å². The van der Waals surface area contributed by atoms with E-state index < -0.39 is 0 Å². The maximum absolute atomic E-state index is 12.2. The lowest BCUT2D eigenvalue weighted by Gasteiger charge is -2.48. The molecule has 0 aliphatic heterocycles. The third-order valence-electron chi connectivity index (χ3n) is 11.2. The Bertz CT molecular complexity index is 1120. The topological polar surface area (TPSA) is 80.9 Å².